The minimum Gasteiger partial charge on any atom is -0.496 e. The second kappa shape index (κ2) is 9.73. The number of aryl methyl sites for hydroxylation is 2. The highest BCUT2D eigenvalue weighted by molar-refractivity contribution is 5.90. The van der Waals surface area contributed by atoms with Gasteiger partial charge in [-0.1, -0.05) is 25.5 Å². The van der Waals surface area contributed by atoms with Crippen LogP contribution in [0.2, 0.25) is 0 Å². The number of methoxy groups -OCH3 is 1. The molecule has 0 radical (unpaired) electrons. The summed E-state index contributed by atoms with van der Waals surface area (Å²) in [7, 11) is 1.69. The number of carbonyl (C=O) groups is 1. The van der Waals surface area contributed by atoms with E-state index in [2.05, 4.69) is 38.9 Å². The molecule has 0 spiro atoms. The van der Waals surface area contributed by atoms with Crippen LogP contribution in [0.5, 0.6) is 5.75 Å². The number of carboxylic acids is 1. The van der Waals surface area contributed by atoms with Crippen molar-refractivity contribution in [2.75, 3.05) is 19.0 Å². The minimum atomic E-state index is -0.902. The van der Waals surface area contributed by atoms with Gasteiger partial charge in [0.15, 0.2) is 0 Å². The Hall–Kier alpha value is -3.87. The van der Waals surface area contributed by atoms with Crippen molar-refractivity contribution >= 4 is 22.7 Å². The molecule has 4 rings (SSSR count). The second-order valence-corrected chi connectivity index (χ2v) is 7.97. The van der Waals surface area contributed by atoms with E-state index in [9.17, 15) is 9.90 Å². The van der Waals surface area contributed by atoms with Crippen LogP contribution in [0.25, 0.3) is 22.2 Å². The summed E-state index contributed by atoms with van der Waals surface area (Å²) >= 11 is 0. The Morgan fingerprint density at radius 2 is 2.00 bits per heavy atom. The van der Waals surface area contributed by atoms with Gasteiger partial charge in [-0.05, 0) is 49.2 Å². The Morgan fingerprint density at radius 1 is 1.15 bits per heavy atom. The van der Waals surface area contributed by atoms with Crippen molar-refractivity contribution in [3.8, 4) is 17.0 Å². The van der Waals surface area contributed by atoms with Gasteiger partial charge in [-0.15, -0.1) is 0 Å². The number of anilines is 1. The molecule has 2 aromatic heterocycles. The molecule has 7 heteroatoms. The molecule has 33 heavy (non-hydrogen) atoms. The Labute approximate surface area is 193 Å². The third-order valence-corrected chi connectivity index (χ3v) is 5.79. The number of aromatic nitrogens is 3. The number of benzene rings is 2. The number of hydrogen-bond donors (Lipinski definition) is 2. The average molecular weight is 445 g/mol. The summed E-state index contributed by atoms with van der Waals surface area (Å²) in [6.07, 6.45) is 3.11. The van der Waals surface area contributed by atoms with Gasteiger partial charge < -0.3 is 19.7 Å². The maximum atomic E-state index is 11.5. The molecule has 0 saturated carbocycles. The highest BCUT2D eigenvalue weighted by atomic mass is 16.5. The topological polar surface area (TPSA) is 89.3 Å². The van der Waals surface area contributed by atoms with E-state index in [-0.39, 0.29) is 0 Å². The van der Waals surface area contributed by atoms with Gasteiger partial charge in [-0.3, -0.25) is 0 Å². The first-order valence-corrected chi connectivity index (χ1v) is 11.1. The van der Waals surface area contributed by atoms with Gasteiger partial charge in [-0.2, -0.15) is 0 Å². The third kappa shape index (κ3) is 4.67. The fraction of sp³-hybridized carbons (Fsp3) is 0.269. The van der Waals surface area contributed by atoms with E-state index >= 15 is 0 Å². The van der Waals surface area contributed by atoms with E-state index in [1.54, 1.807) is 19.2 Å². The molecule has 0 amide bonds. The molecule has 2 heterocycles. The lowest BCUT2D eigenvalue weighted by Crippen LogP contribution is -2.12. The number of fused-ring (bicyclic) bond motifs is 1. The van der Waals surface area contributed by atoms with Crippen LogP contribution < -0.4 is 10.1 Å². The Balaban J connectivity index is 1.51. The minimum absolute atomic E-state index is 0.346. The first-order valence-electron chi connectivity index (χ1n) is 11.1. The Kier molecular flexibility index (Phi) is 6.58. The number of nitrogens with one attached hydrogen (secondary N) is 1. The van der Waals surface area contributed by atoms with Gasteiger partial charge in [-0.25, -0.2) is 14.8 Å². The van der Waals surface area contributed by atoms with Crippen molar-refractivity contribution in [3.63, 3.8) is 0 Å². The van der Waals surface area contributed by atoms with Gasteiger partial charge >= 0.3 is 5.97 Å². The summed E-state index contributed by atoms with van der Waals surface area (Å²) in [5.74, 6) is 0.700. The van der Waals surface area contributed by atoms with Crippen LogP contribution in [0.4, 0.5) is 5.82 Å². The molecule has 0 aliphatic rings. The SMILES string of the molecule is CCCc1cc(-c2cc(NCCn3c(C)cc4c(OC)cccc43)ncn2)ccc1C(=O)O. The fourth-order valence-corrected chi connectivity index (χ4v) is 4.21. The molecule has 2 N–H and O–H groups in total. The van der Waals surface area contributed by atoms with Gasteiger partial charge in [0.25, 0.3) is 0 Å². The number of carboxylic acid groups (broad SMARTS) is 1. The van der Waals surface area contributed by atoms with E-state index < -0.39 is 5.97 Å². The molecule has 0 fully saturated rings. The monoisotopic (exact) mass is 444 g/mol. The molecule has 0 aliphatic heterocycles. The molecule has 4 aromatic rings. The molecule has 0 bridgehead atoms. The van der Waals surface area contributed by atoms with E-state index in [1.165, 1.54) is 12.0 Å². The second-order valence-electron chi connectivity index (χ2n) is 7.97. The summed E-state index contributed by atoms with van der Waals surface area (Å²) < 4.78 is 7.75. The van der Waals surface area contributed by atoms with Crippen LogP contribution in [0.1, 0.15) is 35.0 Å². The molecule has 0 saturated heterocycles. The van der Waals surface area contributed by atoms with E-state index in [4.69, 9.17) is 4.74 Å². The number of rotatable bonds is 9. The molecule has 7 nitrogen and oxygen atoms in total. The maximum absolute atomic E-state index is 11.5. The van der Waals surface area contributed by atoms with Crippen LogP contribution >= 0.6 is 0 Å². The summed E-state index contributed by atoms with van der Waals surface area (Å²) in [6.45, 7) is 5.60. The summed E-state index contributed by atoms with van der Waals surface area (Å²) in [5.41, 5.74) is 5.11. The third-order valence-electron chi connectivity index (χ3n) is 5.79. The van der Waals surface area contributed by atoms with Crippen LogP contribution in [-0.2, 0) is 13.0 Å². The molecule has 0 unspecified atom stereocenters. The lowest BCUT2D eigenvalue weighted by atomic mass is 9.99. The highest BCUT2D eigenvalue weighted by Crippen LogP contribution is 2.28. The van der Waals surface area contributed by atoms with Crippen molar-refractivity contribution in [2.45, 2.75) is 33.2 Å². The lowest BCUT2D eigenvalue weighted by molar-refractivity contribution is 0.0695. The smallest absolute Gasteiger partial charge is 0.335 e. The molecule has 0 atom stereocenters. The van der Waals surface area contributed by atoms with Gasteiger partial charge in [0.1, 0.15) is 17.9 Å². The zero-order chi connectivity index (χ0) is 23.4. The van der Waals surface area contributed by atoms with Crippen molar-refractivity contribution in [2.24, 2.45) is 0 Å². The highest BCUT2D eigenvalue weighted by Gasteiger charge is 2.12. The predicted octanol–water partition coefficient (Wildman–Crippen LogP) is 5.18. The van der Waals surface area contributed by atoms with E-state index in [1.807, 2.05) is 31.2 Å². The first kappa shape index (κ1) is 22.3. The summed E-state index contributed by atoms with van der Waals surface area (Å²) in [6, 6.07) is 15.5. The molecular formula is C26H28N4O3. The molecular weight excluding hydrogens is 416 g/mol. The zero-order valence-electron chi connectivity index (χ0n) is 19.1. The quantitative estimate of drug-likeness (QED) is 0.370. The van der Waals surface area contributed by atoms with Crippen molar-refractivity contribution in [1.82, 2.24) is 14.5 Å². The largest absolute Gasteiger partial charge is 0.496 e. The summed E-state index contributed by atoms with van der Waals surface area (Å²) in [5, 5.41) is 13.9. The van der Waals surface area contributed by atoms with Gasteiger partial charge in [0.05, 0.1) is 23.9 Å². The lowest BCUT2D eigenvalue weighted by Gasteiger charge is -2.12. The number of aromatic carboxylic acids is 1. The molecule has 170 valence electrons. The first-order chi connectivity index (χ1) is 16.0. The van der Waals surface area contributed by atoms with Gasteiger partial charge in [0.2, 0.25) is 0 Å². The van der Waals surface area contributed by atoms with Crippen LogP contribution in [0.15, 0.2) is 54.9 Å². The standard InChI is InChI=1S/C26H28N4O3/c1-4-6-18-14-19(9-10-20(18)26(31)32)22-15-25(29-16-28-22)27-11-12-30-17(2)13-21-23(30)7-5-8-24(21)33-3/h5,7-10,13-16H,4,6,11-12H2,1-3H3,(H,31,32)(H,27,28,29). The Morgan fingerprint density at radius 3 is 2.76 bits per heavy atom. The normalized spacial score (nSPS) is 11.0. The van der Waals surface area contributed by atoms with E-state index in [0.29, 0.717) is 18.5 Å². The van der Waals surface area contributed by atoms with Crippen molar-refractivity contribution < 1.29 is 14.6 Å². The number of ether oxygens (including phenoxy) is 1. The van der Waals surface area contributed by atoms with Crippen molar-refractivity contribution in [3.05, 3.63) is 71.7 Å². The predicted molar refractivity (Wildman–Crippen MR) is 130 cm³/mol. The molecule has 2 aromatic carbocycles. The van der Waals surface area contributed by atoms with Crippen molar-refractivity contribution in [1.29, 1.82) is 0 Å². The van der Waals surface area contributed by atoms with Crippen LogP contribution in [-0.4, -0.2) is 39.3 Å². The van der Waals surface area contributed by atoms with Crippen LogP contribution in [0, 0.1) is 6.92 Å². The zero-order valence-corrected chi connectivity index (χ0v) is 19.1. The van der Waals surface area contributed by atoms with Gasteiger partial charge in [0, 0.05) is 35.8 Å². The number of nitrogens with zero attached hydrogens (tertiary/aromatic N) is 3. The molecule has 0 aliphatic carbocycles. The number of hydrogen-bond acceptors (Lipinski definition) is 5. The Bertz CT molecular complexity index is 1300. The van der Waals surface area contributed by atoms with Crippen LogP contribution in [0.3, 0.4) is 0 Å². The summed E-state index contributed by atoms with van der Waals surface area (Å²) in [4.78, 5) is 20.3. The average Bonchev–Trinajstić information content (AvgIpc) is 3.14. The maximum Gasteiger partial charge on any atom is 0.335 e. The fourth-order valence-electron chi connectivity index (χ4n) is 4.21. The van der Waals surface area contributed by atoms with E-state index in [0.717, 1.165) is 52.3 Å².